The van der Waals surface area contributed by atoms with E-state index in [1.165, 1.54) is 41.6 Å². The topological polar surface area (TPSA) is 169 Å². The van der Waals surface area contributed by atoms with Gasteiger partial charge in [0, 0.05) is 30.8 Å². The number of benzene rings is 2. The Hall–Kier alpha value is -4.08. The van der Waals surface area contributed by atoms with Crippen molar-refractivity contribution in [3.63, 3.8) is 0 Å². The molecule has 2 N–H and O–H groups in total. The van der Waals surface area contributed by atoms with Crippen molar-refractivity contribution < 1.29 is 32.6 Å². The van der Waals surface area contributed by atoms with Crippen LogP contribution in [0.1, 0.15) is 19.4 Å². The molecule has 0 unspecified atom stereocenters. The number of amides is 2. The Bertz CT molecular complexity index is 1480. The molecule has 4 rings (SSSR count). The molecule has 0 aliphatic carbocycles. The molecule has 0 bridgehead atoms. The maximum absolute atomic E-state index is 13.4. The third-order valence-electron chi connectivity index (χ3n) is 7.10. The number of sulfonamides is 1. The molecule has 14 nitrogen and oxygen atoms in total. The highest BCUT2D eigenvalue weighted by Gasteiger charge is 2.33. The average molecular weight is 602 g/mol. The van der Waals surface area contributed by atoms with E-state index in [4.69, 9.17) is 9.47 Å². The van der Waals surface area contributed by atoms with E-state index >= 15 is 0 Å². The summed E-state index contributed by atoms with van der Waals surface area (Å²) >= 11 is 0. The van der Waals surface area contributed by atoms with Crippen molar-refractivity contribution in [2.75, 3.05) is 39.2 Å². The van der Waals surface area contributed by atoms with Gasteiger partial charge in [-0.2, -0.15) is 4.31 Å². The van der Waals surface area contributed by atoms with E-state index in [1.54, 1.807) is 42.2 Å². The lowest BCUT2D eigenvalue weighted by molar-refractivity contribution is -0.134. The molecule has 0 fully saturated rings. The van der Waals surface area contributed by atoms with E-state index in [1.807, 2.05) is 6.92 Å². The summed E-state index contributed by atoms with van der Waals surface area (Å²) < 4.78 is 40.8. The van der Waals surface area contributed by atoms with Crippen LogP contribution in [-0.2, 0) is 32.6 Å². The van der Waals surface area contributed by atoms with E-state index in [9.17, 15) is 23.1 Å². The monoisotopic (exact) mass is 601 g/mol. The van der Waals surface area contributed by atoms with Crippen molar-refractivity contribution in [1.29, 1.82) is 0 Å². The fourth-order valence-electron chi connectivity index (χ4n) is 4.60. The van der Waals surface area contributed by atoms with Crippen LogP contribution in [0, 0.1) is 5.92 Å². The molecule has 0 spiro atoms. The molecule has 42 heavy (non-hydrogen) atoms. The van der Waals surface area contributed by atoms with Crippen LogP contribution in [0.15, 0.2) is 53.7 Å². The summed E-state index contributed by atoms with van der Waals surface area (Å²) in [6.45, 7) is 3.52. The number of fused-ring (bicyclic) bond motifs is 1. The molecule has 0 saturated heterocycles. The number of carbonyl (C=O) groups excluding carboxylic acids is 2. The van der Waals surface area contributed by atoms with Gasteiger partial charge in [0.25, 0.3) is 0 Å². The maximum atomic E-state index is 13.4. The molecule has 1 aliphatic heterocycles. The summed E-state index contributed by atoms with van der Waals surface area (Å²) in [6, 6.07) is 10.6. The van der Waals surface area contributed by atoms with Gasteiger partial charge in [-0.25, -0.2) is 13.1 Å². The highest BCUT2D eigenvalue weighted by atomic mass is 32.2. The lowest BCUT2D eigenvalue weighted by Crippen LogP contribution is -2.48. The van der Waals surface area contributed by atoms with Gasteiger partial charge in [0.2, 0.25) is 21.8 Å². The lowest BCUT2D eigenvalue weighted by Gasteiger charge is -2.33. The zero-order valence-electron chi connectivity index (χ0n) is 23.9. The molecule has 0 radical (unpaired) electrons. The molecule has 0 saturated carbocycles. The number of aliphatic hydroxyl groups excluding tert-OH is 1. The number of hydrogen-bond acceptors (Lipinski definition) is 10. The van der Waals surface area contributed by atoms with Gasteiger partial charge in [0.1, 0.15) is 30.5 Å². The SMILES string of the molecule is COc1ccc(S(=O)(=O)N(C)C[C@H]2Oc3ccc(NC(=O)Cn4cnnn4)cc3CC(=O)N([C@H](C)CO)C[C@@H]2C)cc1. The predicted molar refractivity (Wildman–Crippen MR) is 151 cm³/mol. The van der Waals surface area contributed by atoms with Crippen LogP contribution in [0.25, 0.3) is 0 Å². The molecule has 1 aliphatic rings. The molecule has 3 atom stereocenters. The second-order valence-corrected chi connectivity index (χ2v) is 12.3. The Labute approximate surface area is 244 Å². The summed E-state index contributed by atoms with van der Waals surface area (Å²) in [6.07, 6.45) is 0.622. The maximum Gasteiger partial charge on any atom is 0.246 e. The normalized spacial score (nSPS) is 18.3. The Balaban J connectivity index is 1.61. The first-order valence-electron chi connectivity index (χ1n) is 13.3. The first-order chi connectivity index (χ1) is 20.0. The summed E-state index contributed by atoms with van der Waals surface area (Å²) in [5.74, 6) is 0.0240. The van der Waals surface area contributed by atoms with Gasteiger partial charge in [0.15, 0.2) is 0 Å². The van der Waals surface area contributed by atoms with Gasteiger partial charge in [-0.15, -0.1) is 5.10 Å². The first kappa shape index (κ1) is 30.9. The summed E-state index contributed by atoms with van der Waals surface area (Å²) in [7, 11) is -0.887. The van der Waals surface area contributed by atoms with Crippen LogP contribution in [-0.4, -0.2) is 101 Å². The number of methoxy groups -OCH3 is 1. The molecular weight excluding hydrogens is 566 g/mol. The third-order valence-corrected chi connectivity index (χ3v) is 8.94. The zero-order valence-corrected chi connectivity index (χ0v) is 24.7. The number of rotatable bonds is 10. The number of ether oxygens (including phenoxy) is 2. The fraction of sp³-hybridized carbons (Fsp3) is 0.444. The molecule has 3 aromatic rings. The molecule has 2 amide bonds. The standard InChI is InChI=1S/C27H35N7O7S/c1-18-13-34(19(2)16-35)27(37)12-20-11-21(29-26(36)15-33-17-28-30-31-33)5-10-24(20)41-25(18)14-32(3)42(38,39)23-8-6-22(40-4)7-9-23/h5-11,17-19,25,35H,12-16H2,1-4H3,(H,29,36)/t18-,19+,25+/m0/s1. The number of carbonyl (C=O) groups is 2. The summed E-state index contributed by atoms with van der Waals surface area (Å²) in [5.41, 5.74) is 0.947. The van der Waals surface area contributed by atoms with E-state index in [0.717, 1.165) is 0 Å². The van der Waals surface area contributed by atoms with Gasteiger partial charge < -0.3 is 24.8 Å². The first-order valence-corrected chi connectivity index (χ1v) is 14.8. The van der Waals surface area contributed by atoms with Crippen LogP contribution >= 0.6 is 0 Å². The molecule has 15 heteroatoms. The van der Waals surface area contributed by atoms with Gasteiger partial charge in [-0.3, -0.25) is 9.59 Å². The Morgan fingerprint density at radius 2 is 2.00 bits per heavy atom. The summed E-state index contributed by atoms with van der Waals surface area (Å²) in [4.78, 5) is 27.6. The zero-order chi connectivity index (χ0) is 30.4. The second kappa shape index (κ2) is 13.3. The second-order valence-electron chi connectivity index (χ2n) is 10.2. The number of nitrogens with one attached hydrogen (secondary N) is 1. The van der Waals surface area contributed by atoms with Crippen LogP contribution in [0.5, 0.6) is 11.5 Å². The molecule has 2 aromatic carbocycles. The minimum Gasteiger partial charge on any atom is -0.497 e. The number of hydrogen-bond donors (Lipinski definition) is 2. The number of aromatic nitrogens is 4. The molecule has 226 valence electrons. The van der Waals surface area contributed by atoms with Gasteiger partial charge >= 0.3 is 0 Å². The summed E-state index contributed by atoms with van der Waals surface area (Å²) in [5, 5.41) is 23.3. The van der Waals surface area contributed by atoms with Crippen molar-refractivity contribution in [3.8, 4) is 11.5 Å². The van der Waals surface area contributed by atoms with Crippen molar-refractivity contribution in [3.05, 3.63) is 54.4 Å². The van der Waals surface area contributed by atoms with E-state index in [2.05, 4.69) is 20.8 Å². The minimum atomic E-state index is -3.87. The average Bonchev–Trinajstić information content (AvgIpc) is 3.49. The number of likely N-dealkylation sites (N-methyl/N-ethyl adjacent to an activating group) is 1. The van der Waals surface area contributed by atoms with Crippen LogP contribution in [0.2, 0.25) is 0 Å². The Morgan fingerprint density at radius 3 is 2.64 bits per heavy atom. The largest absolute Gasteiger partial charge is 0.497 e. The third kappa shape index (κ3) is 7.21. The van der Waals surface area contributed by atoms with Crippen LogP contribution in [0.4, 0.5) is 5.69 Å². The Morgan fingerprint density at radius 1 is 1.26 bits per heavy atom. The highest BCUT2D eigenvalue weighted by Crippen LogP contribution is 2.30. The number of nitrogens with zero attached hydrogens (tertiary/aromatic N) is 6. The van der Waals surface area contributed by atoms with Gasteiger partial charge in [0.05, 0.1) is 37.6 Å². The quantitative estimate of drug-likeness (QED) is 0.339. The smallest absolute Gasteiger partial charge is 0.246 e. The van der Waals surface area contributed by atoms with Crippen LogP contribution in [0.3, 0.4) is 0 Å². The number of aliphatic hydroxyl groups is 1. The van der Waals surface area contributed by atoms with Crippen molar-refractivity contribution in [2.45, 2.75) is 43.9 Å². The van der Waals surface area contributed by atoms with Crippen molar-refractivity contribution in [2.24, 2.45) is 5.92 Å². The van der Waals surface area contributed by atoms with Gasteiger partial charge in [-0.05, 0) is 59.8 Å². The lowest BCUT2D eigenvalue weighted by atomic mass is 10.0. The molecule has 1 aromatic heterocycles. The van der Waals surface area contributed by atoms with Crippen LogP contribution < -0.4 is 14.8 Å². The van der Waals surface area contributed by atoms with E-state index < -0.39 is 22.2 Å². The predicted octanol–water partition coefficient (Wildman–Crippen LogP) is 0.790. The highest BCUT2D eigenvalue weighted by molar-refractivity contribution is 7.89. The Kier molecular flexibility index (Phi) is 9.75. The van der Waals surface area contributed by atoms with E-state index in [0.29, 0.717) is 22.7 Å². The van der Waals surface area contributed by atoms with Crippen molar-refractivity contribution >= 4 is 27.5 Å². The number of anilines is 1. The van der Waals surface area contributed by atoms with Crippen molar-refractivity contribution in [1.82, 2.24) is 29.4 Å². The molecule has 2 heterocycles. The van der Waals surface area contributed by atoms with Gasteiger partial charge in [-0.1, -0.05) is 6.92 Å². The van der Waals surface area contributed by atoms with E-state index in [-0.39, 0.29) is 55.3 Å². The number of tetrazole rings is 1. The minimum absolute atomic E-state index is 0.00503. The fourth-order valence-corrected chi connectivity index (χ4v) is 5.79. The molecular formula is C27H35N7O7S.